The van der Waals surface area contributed by atoms with Crippen molar-refractivity contribution in [3.63, 3.8) is 0 Å². The Balaban J connectivity index is 1.89. The van der Waals surface area contributed by atoms with Crippen molar-refractivity contribution < 1.29 is 19.1 Å². The zero-order valence-corrected chi connectivity index (χ0v) is 11.5. The van der Waals surface area contributed by atoms with Gasteiger partial charge in [-0.15, -0.1) is 0 Å². The molecule has 1 aromatic rings. The number of benzene rings is 1. The van der Waals surface area contributed by atoms with Crippen LogP contribution in [0.1, 0.15) is 25.3 Å². The molecule has 0 radical (unpaired) electrons. The number of cyclic esters (lactones) is 1. The van der Waals surface area contributed by atoms with E-state index in [1.54, 1.807) is 6.92 Å². The first-order valence-electron chi connectivity index (χ1n) is 6.85. The first-order chi connectivity index (χ1) is 9.69. The molecule has 1 saturated heterocycles. The lowest BCUT2D eigenvalue weighted by Crippen LogP contribution is -2.34. The molecule has 2 rings (SSSR count). The number of rotatable bonds is 6. The summed E-state index contributed by atoms with van der Waals surface area (Å²) in [6.45, 7) is 2.14. The van der Waals surface area contributed by atoms with Crippen LogP contribution in [0.2, 0.25) is 0 Å². The smallest absolute Gasteiger partial charge is 0.407 e. The van der Waals surface area contributed by atoms with Crippen LogP contribution in [0.4, 0.5) is 4.79 Å². The molecule has 1 amide bonds. The molecule has 2 atom stereocenters. The average Bonchev–Trinajstić information content (AvgIpc) is 2.78. The highest BCUT2D eigenvalue weighted by Crippen LogP contribution is 2.18. The lowest BCUT2D eigenvalue weighted by atomic mass is 9.99. The molecule has 0 aliphatic carbocycles. The van der Waals surface area contributed by atoms with Gasteiger partial charge >= 0.3 is 12.1 Å². The van der Waals surface area contributed by atoms with E-state index in [0.29, 0.717) is 19.4 Å². The van der Waals surface area contributed by atoms with Crippen molar-refractivity contribution in [3.05, 3.63) is 35.9 Å². The number of alkyl carbamates (subject to hydrolysis) is 1. The van der Waals surface area contributed by atoms with Gasteiger partial charge in [0.2, 0.25) is 0 Å². The lowest BCUT2D eigenvalue weighted by Gasteiger charge is -2.16. The summed E-state index contributed by atoms with van der Waals surface area (Å²) in [5.41, 5.74) is 1.13. The number of carbonyl (C=O) groups is 2. The van der Waals surface area contributed by atoms with Gasteiger partial charge in [0.05, 0.1) is 12.6 Å². The van der Waals surface area contributed by atoms with Gasteiger partial charge in [0.1, 0.15) is 6.10 Å². The van der Waals surface area contributed by atoms with Gasteiger partial charge in [-0.3, -0.25) is 4.79 Å². The van der Waals surface area contributed by atoms with Crippen molar-refractivity contribution in [1.82, 2.24) is 5.32 Å². The molecule has 0 spiro atoms. The predicted molar refractivity (Wildman–Crippen MR) is 73.2 cm³/mol. The SMILES string of the molecule is CCOC(=O)CC[C@H]1OC(=O)N[C@@H]1Cc1ccccc1. The van der Waals surface area contributed by atoms with E-state index >= 15 is 0 Å². The highest BCUT2D eigenvalue weighted by molar-refractivity contribution is 5.71. The Labute approximate surface area is 118 Å². The Morgan fingerprint density at radius 2 is 2.10 bits per heavy atom. The third-order valence-electron chi connectivity index (χ3n) is 3.25. The molecule has 1 N–H and O–H groups in total. The maximum absolute atomic E-state index is 11.4. The lowest BCUT2D eigenvalue weighted by molar-refractivity contribution is -0.143. The highest BCUT2D eigenvalue weighted by atomic mass is 16.6. The molecule has 108 valence electrons. The van der Waals surface area contributed by atoms with Crippen molar-refractivity contribution >= 4 is 12.1 Å². The van der Waals surface area contributed by atoms with Crippen molar-refractivity contribution in [2.24, 2.45) is 0 Å². The van der Waals surface area contributed by atoms with Crippen molar-refractivity contribution in [1.29, 1.82) is 0 Å². The van der Waals surface area contributed by atoms with E-state index in [9.17, 15) is 9.59 Å². The first-order valence-corrected chi connectivity index (χ1v) is 6.85. The number of nitrogens with one attached hydrogen (secondary N) is 1. The summed E-state index contributed by atoms with van der Waals surface area (Å²) < 4.78 is 10.1. The van der Waals surface area contributed by atoms with Crippen LogP contribution in [-0.4, -0.2) is 30.8 Å². The zero-order valence-electron chi connectivity index (χ0n) is 11.5. The molecule has 1 aliphatic heterocycles. The highest BCUT2D eigenvalue weighted by Gasteiger charge is 2.34. The van der Waals surface area contributed by atoms with Crippen LogP contribution in [0.5, 0.6) is 0 Å². The minimum absolute atomic E-state index is 0.0978. The first kappa shape index (κ1) is 14.4. The number of carbonyl (C=O) groups excluding carboxylic acids is 2. The predicted octanol–water partition coefficient (Wildman–Crippen LogP) is 2.05. The van der Waals surface area contributed by atoms with E-state index in [-0.39, 0.29) is 24.5 Å². The largest absolute Gasteiger partial charge is 0.466 e. The molecule has 1 aliphatic rings. The van der Waals surface area contributed by atoms with Crippen LogP contribution in [0.25, 0.3) is 0 Å². The van der Waals surface area contributed by atoms with Crippen LogP contribution < -0.4 is 5.32 Å². The molecule has 5 heteroatoms. The molecule has 0 unspecified atom stereocenters. The second kappa shape index (κ2) is 6.93. The van der Waals surface area contributed by atoms with Crippen LogP contribution >= 0.6 is 0 Å². The van der Waals surface area contributed by atoms with Gasteiger partial charge in [-0.25, -0.2) is 4.79 Å². The standard InChI is InChI=1S/C15H19NO4/c1-2-19-14(17)9-8-13-12(16-15(18)20-13)10-11-6-4-3-5-7-11/h3-7,12-13H,2,8-10H2,1H3,(H,16,18)/t12-,13-/m1/s1. The summed E-state index contributed by atoms with van der Waals surface area (Å²) in [7, 11) is 0. The van der Waals surface area contributed by atoms with Gasteiger partial charge in [0.15, 0.2) is 0 Å². The molecular weight excluding hydrogens is 258 g/mol. The van der Waals surface area contributed by atoms with Gasteiger partial charge in [-0.05, 0) is 25.3 Å². The molecular formula is C15H19NO4. The summed E-state index contributed by atoms with van der Waals surface area (Å²) >= 11 is 0. The summed E-state index contributed by atoms with van der Waals surface area (Å²) in [6, 6.07) is 9.78. The van der Waals surface area contributed by atoms with Gasteiger partial charge < -0.3 is 14.8 Å². The fraction of sp³-hybridized carbons (Fsp3) is 0.467. The molecule has 5 nitrogen and oxygen atoms in total. The normalized spacial score (nSPS) is 21.1. The fourth-order valence-electron chi connectivity index (χ4n) is 2.30. The molecule has 1 heterocycles. The number of esters is 1. The maximum atomic E-state index is 11.4. The molecule has 0 aromatic heterocycles. The monoisotopic (exact) mass is 277 g/mol. The van der Waals surface area contributed by atoms with Gasteiger partial charge in [-0.1, -0.05) is 30.3 Å². The van der Waals surface area contributed by atoms with Gasteiger partial charge in [0, 0.05) is 6.42 Å². The summed E-state index contributed by atoms with van der Waals surface area (Å²) in [4.78, 5) is 22.7. The zero-order chi connectivity index (χ0) is 14.4. The van der Waals surface area contributed by atoms with Crippen molar-refractivity contribution in [3.8, 4) is 0 Å². The van der Waals surface area contributed by atoms with Crippen LogP contribution in [0.3, 0.4) is 0 Å². The van der Waals surface area contributed by atoms with Gasteiger partial charge in [0.25, 0.3) is 0 Å². The Morgan fingerprint density at radius 3 is 2.80 bits per heavy atom. The fourth-order valence-corrected chi connectivity index (χ4v) is 2.30. The molecule has 1 fully saturated rings. The Kier molecular flexibility index (Phi) is 4.98. The molecule has 0 bridgehead atoms. The number of ether oxygens (including phenoxy) is 2. The van der Waals surface area contributed by atoms with Crippen molar-refractivity contribution in [2.45, 2.75) is 38.3 Å². The molecule has 1 aromatic carbocycles. The minimum Gasteiger partial charge on any atom is -0.466 e. The molecule has 20 heavy (non-hydrogen) atoms. The topological polar surface area (TPSA) is 64.6 Å². The Bertz CT molecular complexity index is 460. The summed E-state index contributed by atoms with van der Waals surface area (Å²) in [5, 5.41) is 2.79. The maximum Gasteiger partial charge on any atom is 0.407 e. The van der Waals surface area contributed by atoms with E-state index in [2.05, 4.69) is 5.32 Å². The van der Waals surface area contributed by atoms with Crippen LogP contribution in [-0.2, 0) is 20.7 Å². The van der Waals surface area contributed by atoms with E-state index in [4.69, 9.17) is 9.47 Å². The van der Waals surface area contributed by atoms with E-state index in [0.717, 1.165) is 5.56 Å². The summed E-state index contributed by atoms with van der Waals surface area (Å²) in [6.07, 6.45) is 0.736. The Hall–Kier alpha value is -2.04. The van der Waals surface area contributed by atoms with E-state index in [1.807, 2.05) is 30.3 Å². The third-order valence-corrected chi connectivity index (χ3v) is 3.25. The minimum atomic E-state index is -0.417. The third kappa shape index (κ3) is 3.98. The van der Waals surface area contributed by atoms with Crippen molar-refractivity contribution in [2.75, 3.05) is 6.61 Å². The van der Waals surface area contributed by atoms with Crippen LogP contribution in [0, 0.1) is 0 Å². The second-order valence-electron chi connectivity index (χ2n) is 4.73. The van der Waals surface area contributed by atoms with Gasteiger partial charge in [-0.2, -0.15) is 0 Å². The van der Waals surface area contributed by atoms with Crippen LogP contribution in [0.15, 0.2) is 30.3 Å². The average molecular weight is 277 g/mol. The molecule has 0 saturated carbocycles. The quantitative estimate of drug-likeness (QED) is 0.808. The van der Waals surface area contributed by atoms with E-state index in [1.165, 1.54) is 0 Å². The number of hydrogen-bond acceptors (Lipinski definition) is 4. The second-order valence-corrected chi connectivity index (χ2v) is 4.73. The Morgan fingerprint density at radius 1 is 1.35 bits per heavy atom. The number of amides is 1. The summed E-state index contributed by atoms with van der Waals surface area (Å²) in [5.74, 6) is -0.256. The number of hydrogen-bond donors (Lipinski definition) is 1. The van der Waals surface area contributed by atoms with E-state index < -0.39 is 6.09 Å².